The SMILES string of the molecule is Cc1ccc(-c2cc(CCN)n(C)n2)o1. The van der Waals surface area contributed by atoms with Gasteiger partial charge in [-0.25, -0.2) is 0 Å². The first-order valence-corrected chi connectivity index (χ1v) is 5.00. The maximum absolute atomic E-state index is 5.52. The average molecular weight is 205 g/mol. The minimum absolute atomic E-state index is 0.635. The predicted octanol–water partition coefficient (Wildman–Crippen LogP) is 1.49. The standard InChI is InChI=1S/C11H15N3O/c1-8-3-4-11(15-8)10-7-9(5-6-12)14(2)13-10/h3-4,7H,5-6,12H2,1-2H3. The first-order valence-electron chi connectivity index (χ1n) is 5.00. The third-order valence-electron chi connectivity index (χ3n) is 2.37. The molecule has 0 saturated heterocycles. The fraction of sp³-hybridized carbons (Fsp3) is 0.364. The van der Waals surface area contributed by atoms with Crippen LogP contribution in [0.25, 0.3) is 11.5 Å². The van der Waals surface area contributed by atoms with E-state index < -0.39 is 0 Å². The number of furan rings is 1. The van der Waals surface area contributed by atoms with Crippen molar-refractivity contribution < 1.29 is 4.42 Å². The first-order chi connectivity index (χ1) is 7.20. The Bertz CT molecular complexity index is 456. The van der Waals surface area contributed by atoms with Crippen LogP contribution in [0.4, 0.5) is 0 Å². The van der Waals surface area contributed by atoms with Crippen molar-refractivity contribution in [3.05, 3.63) is 29.7 Å². The minimum Gasteiger partial charge on any atom is -0.460 e. The highest BCUT2D eigenvalue weighted by atomic mass is 16.3. The number of aromatic nitrogens is 2. The van der Waals surface area contributed by atoms with Crippen molar-refractivity contribution in [2.24, 2.45) is 12.8 Å². The quantitative estimate of drug-likeness (QED) is 0.825. The molecule has 0 fully saturated rings. The molecular weight excluding hydrogens is 190 g/mol. The summed E-state index contributed by atoms with van der Waals surface area (Å²) in [6.45, 7) is 2.56. The Labute approximate surface area is 88.7 Å². The molecule has 0 bridgehead atoms. The molecule has 80 valence electrons. The number of nitrogens with two attached hydrogens (primary N) is 1. The lowest BCUT2D eigenvalue weighted by molar-refractivity contribution is 0.545. The van der Waals surface area contributed by atoms with E-state index in [0.29, 0.717) is 6.54 Å². The van der Waals surface area contributed by atoms with Crippen LogP contribution in [0.15, 0.2) is 22.6 Å². The molecule has 0 saturated carbocycles. The second kappa shape index (κ2) is 3.90. The fourth-order valence-electron chi connectivity index (χ4n) is 1.58. The van der Waals surface area contributed by atoms with Gasteiger partial charge in [0.15, 0.2) is 5.76 Å². The summed E-state index contributed by atoms with van der Waals surface area (Å²) >= 11 is 0. The van der Waals surface area contributed by atoms with Gasteiger partial charge in [0.25, 0.3) is 0 Å². The van der Waals surface area contributed by atoms with Crippen molar-refractivity contribution in [3.63, 3.8) is 0 Å². The molecule has 2 N–H and O–H groups in total. The maximum atomic E-state index is 5.52. The van der Waals surface area contributed by atoms with Crippen molar-refractivity contribution in [1.29, 1.82) is 0 Å². The van der Waals surface area contributed by atoms with Crippen molar-refractivity contribution in [3.8, 4) is 11.5 Å². The fourth-order valence-corrected chi connectivity index (χ4v) is 1.58. The Hall–Kier alpha value is -1.55. The lowest BCUT2D eigenvalue weighted by Crippen LogP contribution is -2.06. The molecule has 2 aromatic heterocycles. The van der Waals surface area contributed by atoms with Crippen LogP contribution in [0.5, 0.6) is 0 Å². The highest BCUT2D eigenvalue weighted by Crippen LogP contribution is 2.21. The van der Waals surface area contributed by atoms with E-state index in [4.69, 9.17) is 10.2 Å². The number of aryl methyl sites for hydroxylation is 2. The van der Waals surface area contributed by atoms with E-state index in [1.807, 2.05) is 36.9 Å². The van der Waals surface area contributed by atoms with Crippen LogP contribution in [0, 0.1) is 6.92 Å². The van der Waals surface area contributed by atoms with Gasteiger partial charge in [-0.05, 0) is 31.7 Å². The summed E-state index contributed by atoms with van der Waals surface area (Å²) in [5, 5.41) is 4.38. The van der Waals surface area contributed by atoms with Crippen LogP contribution in [-0.2, 0) is 13.5 Å². The Morgan fingerprint density at radius 2 is 2.27 bits per heavy atom. The smallest absolute Gasteiger partial charge is 0.154 e. The molecule has 0 aliphatic carbocycles. The molecule has 0 unspecified atom stereocenters. The third-order valence-corrected chi connectivity index (χ3v) is 2.37. The minimum atomic E-state index is 0.635. The number of nitrogens with zero attached hydrogens (tertiary/aromatic N) is 2. The maximum Gasteiger partial charge on any atom is 0.154 e. The van der Waals surface area contributed by atoms with Crippen LogP contribution < -0.4 is 5.73 Å². The van der Waals surface area contributed by atoms with Gasteiger partial charge in [-0.2, -0.15) is 5.10 Å². The predicted molar refractivity (Wildman–Crippen MR) is 58.4 cm³/mol. The van der Waals surface area contributed by atoms with Crippen molar-refractivity contribution in [2.75, 3.05) is 6.54 Å². The molecule has 0 radical (unpaired) electrons. The van der Waals surface area contributed by atoms with Gasteiger partial charge < -0.3 is 10.2 Å². The van der Waals surface area contributed by atoms with Crippen molar-refractivity contribution >= 4 is 0 Å². The monoisotopic (exact) mass is 205 g/mol. The van der Waals surface area contributed by atoms with E-state index in [-0.39, 0.29) is 0 Å². The van der Waals surface area contributed by atoms with E-state index >= 15 is 0 Å². The number of hydrogen-bond donors (Lipinski definition) is 1. The van der Waals surface area contributed by atoms with Crippen LogP contribution in [0.3, 0.4) is 0 Å². The Kier molecular flexibility index (Phi) is 2.60. The molecule has 2 heterocycles. The summed E-state index contributed by atoms with van der Waals surface area (Å²) in [4.78, 5) is 0. The van der Waals surface area contributed by atoms with Gasteiger partial charge in [0.2, 0.25) is 0 Å². The molecule has 0 atom stereocenters. The molecule has 0 aliphatic rings. The highest BCUT2D eigenvalue weighted by molar-refractivity contribution is 5.52. The highest BCUT2D eigenvalue weighted by Gasteiger charge is 2.09. The van der Waals surface area contributed by atoms with Gasteiger partial charge in [-0.3, -0.25) is 4.68 Å². The molecule has 4 heteroatoms. The topological polar surface area (TPSA) is 57.0 Å². The van der Waals surface area contributed by atoms with E-state index in [2.05, 4.69) is 5.10 Å². The zero-order valence-corrected chi connectivity index (χ0v) is 9.03. The number of hydrogen-bond acceptors (Lipinski definition) is 3. The van der Waals surface area contributed by atoms with Crippen LogP contribution >= 0.6 is 0 Å². The third kappa shape index (κ3) is 1.94. The molecular formula is C11H15N3O. The van der Waals surface area contributed by atoms with E-state index in [1.54, 1.807) is 0 Å². The largest absolute Gasteiger partial charge is 0.460 e. The van der Waals surface area contributed by atoms with Crippen LogP contribution in [0.2, 0.25) is 0 Å². The Balaban J connectivity index is 2.33. The lowest BCUT2D eigenvalue weighted by Gasteiger charge is -1.96. The Morgan fingerprint density at radius 1 is 1.47 bits per heavy atom. The van der Waals surface area contributed by atoms with Crippen molar-refractivity contribution in [2.45, 2.75) is 13.3 Å². The van der Waals surface area contributed by atoms with Gasteiger partial charge in [-0.15, -0.1) is 0 Å². The molecule has 2 aromatic rings. The molecule has 0 spiro atoms. The molecule has 0 aromatic carbocycles. The molecule has 0 amide bonds. The van der Waals surface area contributed by atoms with Gasteiger partial charge in [0, 0.05) is 19.2 Å². The molecule has 4 nitrogen and oxygen atoms in total. The van der Waals surface area contributed by atoms with Crippen LogP contribution in [0.1, 0.15) is 11.5 Å². The first kappa shape index (κ1) is 9.98. The summed E-state index contributed by atoms with van der Waals surface area (Å²) in [6.07, 6.45) is 0.836. The second-order valence-electron chi connectivity index (χ2n) is 3.59. The van der Waals surface area contributed by atoms with Crippen molar-refractivity contribution in [1.82, 2.24) is 9.78 Å². The number of rotatable bonds is 3. The Morgan fingerprint density at radius 3 is 2.87 bits per heavy atom. The normalized spacial score (nSPS) is 10.9. The van der Waals surface area contributed by atoms with E-state index in [0.717, 1.165) is 29.3 Å². The molecule has 0 aliphatic heterocycles. The van der Waals surface area contributed by atoms with Gasteiger partial charge in [0.1, 0.15) is 11.5 Å². The van der Waals surface area contributed by atoms with E-state index in [9.17, 15) is 0 Å². The van der Waals surface area contributed by atoms with Gasteiger partial charge in [-0.1, -0.05) is 0 Å². The zero-order valence-electron chi connectivity index (χ0n) is 9.03. The average Bonchev–Trinajstić information content (AvgIpc) is 2.75. The van der Waals surface area contributed by atoms with E-state index in [1.165, 1.54) is 0 Å². The summed E-state index contributed by atoms with van der Waals surface area (Å²) in [5.74, 6) is 1.71. The molecule has 2 rings (SSSR count). The summed E-state index contributed by atoms with van der Waals surface area (Å²) in [6, 6.07) is 5.89. The summed E-state index contributed by atoms with van der Waals surface area (Å²) in [7, 11) is 1.92. The zero-order chi connectivity index (χ0) is 10.8. The summed E-state index contributed by atoms with van der Waals surface area (Å²) in [5.41, 5.74) is 7.51. The van der Waals surface area contributed by atoms with Gasteiger partial charge >= 0.3 is 0 Å². The lowest BCUT2D eigenvalue weighted by atomic mass is 10.2. The summed E-state index contributed by atoms with van der Waals surface area (Å²) < 4.78 is 7.36. The second-order valence-corrected chi connectivity index (χ2v) is 3.59. The molecule has 15 heavy (non-hydrogen) atoms. The van der Waals surface area contributed by atoms with Crippen LogP contribution in [-0.4, -0.2) is 16.3 Å². The van der Waals surface area contributed by atoms with Gasteiger partial charge in [0.05, 0.1) is 0 Å².